The molecule has 0 heterocycles. The Hall–Kier alpha value is -1.88. The summed E-state index contributed by atoms with van der Waals surface area (Å²) in [7, 11) is 0. The van der Waals surface area contributed by atoms with Crippen LogP contribution in [0, 0.1) is 6.92 Å². The highest BCUT2D eigenvalue weighted by Gasteiger charge is 2.06. The first-order valence-electron chi connectivity index (χ1n) is 6.41. The molecular formula is C14H21N3O2. The quantitative estimate of drug-likeness (QED) is 0.686. The molecule has 0 atom stereocenters. The Morgan fingerprint density at radius 3 is 2.58 bits per heavy atom. The summed E-state index contributed by atoms with van der Waals surface area (Å²) in [5, 5.41) is 8.65. The summed E-state index contributed by atoms with van der Waals surface area (Å²) in [5.74, 6) is -0.169. The number of hydrogen-bond acceptors (Lipinski definition) is 3. The molecule has 19 heavy (non-hydrogen) atoms. The van der Waals surface area contributed by atoms with Crippen molar-refractivity contribution in [1.82, 2.24) is 5.32 Å². The van der Waals surface area contributed by atoms with E-state index in [-0.39, 0.29) is 11.8 Å². The van der Waals surface area contributed by atoms with E-state index in [1.165, 1.54) is 6.92 Å². The van der Waals surface area contributed by atoms with Crippen LogP contribution in [-0.2, 0) is 9.59 Å². The zero-order chi connectivity index (χ0) is 14.3. The molecular weight excluding hydrogens is 242 g/mol. The van der Waals surface area contributed by atoms with Crippen molar-refractivity contribution in [2.75, 3.05) is 23.7 Å². The van der Waals surface area contributed by atoms with Gasteiger partial charge in [-0.15, -0.1) is 0 Å². The minimum atomic E-state index is -0.131. The zero-order valence-electron chi connectivity index (χ0n) is 11.7. The summed E-state index contributed by atoms with van der Waals surface area (Å²) in [6, 6.07) is 5.44. The Labute approximate surface area is 113 Å². The SMILES string of the molecule is CCNCCC(=O)Nc1cc(NC(C)=O)ccc1C. The van der Waals surface area contributed by atoms with Gasteiger partial charge in [-0.1, -0.05) is 13.0 Å². The van der Waals surface area contributed by atoms with Gasteiger partial charge in [0.15, 0.2) is 0 Å². The summed E-state index contributed by atoms with van der Waals surface area (Å²) in [5.41, 5.74) is 2.37. The van der Waals surface area contributed by atoms with Crippen molar-refractivity contribution in [3.63, 3.8) is 0 Å². The van der Waals surface area contributed by atoms with Crippen LogP contribution in [0.3, 0.4) is 0 Å². The molecule has 1 rings (SSSR count). The molecule has 2 amide bonds. The minimum absolute atomic E-state index is 0.0379. The molecule has 104 valence electrons. The maximum Gasteiger partial charge on any atom is 0.225 e. The molecule has 0 fully saturated rings. The van der Waals surface area contributed by atoms with E-state index in [9.17, 15) is 9.59 Å². The van der Waals surface area contributed by atoms with Gasteiger partial charge in [-0.25, -0.2) is 0 Å². The molecule has 5 heteroatoms. The molecule has 0 radical (unpaired) electrons. The standard InChI is InChI=1S/C14H21N3O2/c1-4-15-8-7-14(19)17-13-9-12(16-11(3)18)6-5-10(13)2/h5-6,9,15H,4,7-8H2,1-3H3,(H,16,18)(H,17,19). The van der Waals surface area contributed by atoms with Crippen LogP contribution in [0.2, 0.25) is 0 Å². The first-order valence-corrected chi connectivity index (χ1v) is 6.41. The third kappa shape index (κ3) is 5.52. The number of carbonyl (C=O) groups is 2. The molecule has 3 N–H and O–H groups in total. The fraction of sp³-hybridized carbons (Fsp3) is 0.429. The predicted octanol–water partition coefficient (Wildman–Crippen LogP) is 1.89. The molecule has 0 aromatic heterocycles. The summed E-state index contributed by atoms with van der Waals surface area (Å²) in [4.78, 5) is 22.7. The number of nitrogens with one attached hydrogen (secondary N) is 3. The van der Waals surface area contributed by atoms with Crippen LogP contribution in [-0.4, -0.2) is 24.9 Å². The second-order valence-corrected chi connectivity index (χ2v) is 4.36. The summed E-state index contributed by atoms with van der Waals surface area (Å²) >= 11 is 0. The normalized spacial score (nSPS) is 10.1. The molecule has 0 aliphatic rings. The van der Waals surface area contributed by atoms with Crippen molar-refractivity contribution >= 4 is 23.2 Å². The second kappa shape index (κ2) is 7.53. The van der Waals surface area contributed by atoms with Crippen molar-refractivity contribution in [3.05, 3.63) is 23.8 Å². The van der Waals surface area contributed by atoms with Crippen LogP contribution in [0.1, 0.15) is 25.8 Å². The van der Waals surface area contributed by atoms with Crippen molar-refractivity contribution in [2.45, 2.75) is 27.2 Å². The third-order valence-electron chi connectivity index (χ3n) is 2.61. The fourth-order valence-electron chi connectivity index (χ4n) is 1.63. The van der Waals surface area contributed by atoms with Crippen molar-refractivity contribution in [1.29, 1.82) is 0 Å². The van der Waals surface area contributed by atoms with Crippen LogP contribution < -0.4 is 16.0 Å². The van der Waals surface area contributed by atoms with E-state index >= 15 is 0 Å². The van der Waals surface area contributed by atoms with E-state index < -0.39 is 0 Å². The maximum absolute atomic E-state index is 11.7. The van der Waals surface area contributed by atoms with Crippen LogP contribution in [0.4, 0.5) is 11.4 Å². The first kappa shape index (κ1) is 15.2. The van der Waals surface area contributed by atoms with Crippen molar-refractivity contribution in [2.24, 2.45) is 0 Å². The van der Waals surface area contributed by atoms with Gasteiger partial charge in [0.1, 0.15) is 0 Å². The van der Waals surface area contributed by atoms with Gasteiger partial charge in [-0.3, -0.25) is 9.59 Å². The Balaban J connectivity index is 2.65. The molecule has 0 unspecified atom stereocenters. The molecule has 1 aromatic carbocycles. The number of anilines is 2. The van der Waals surface area contributed by atoms with Gasteiger partial charge in [0.25, 0.3) is 0 Å². The maximum atomic E-state index is 11.7. The Morgan fingerprint density at radius 1 is 1.21 bits per heavy atom. The fourth-order valence-corrected chi connectivity index (χ4v) is 1.63. The van der Waals surface area contributed by atoms with E-state index in [0.29, 0.717) is 18.7 Å². The number of amides is 2. The smallest absolute Gasteiger partial charge is 0.225 e. The van der Waals surface area contributed by atoms with E-state index in [2.05, 4.69) is 16.0 Å². The van der Waals surface area contributed by atoms with Gasteiger partial charge in [0.2, 0.25) is 11.8 Å². The number of aryl methyl sites for hydroxylation is 1. The molecule has 5 nitrogen and oxygen atoms in total. The van der Waals surface area contributed by atoms with Crippen LogP contribution in [0.5, 0.6) is 0 Å². The average Bonchev–Trinajstić information content (AvgIpc) is 2.33. The molecule has 0 aliphatic carbocycles. The number of rotatable bonds is 6. The van der Waals surface area contributed by atoms with Gasteiger partial charge >= 0.3 is 0 Å². The highest BCUT2D eigenvalue weighted by atomic mass is 16.2. The average molecular weight is 263 g/mol. The lowest BCUT2D eigenvalue weighted by molar-refractivity contribution is -0.116. The molecule has 0 bridgehead atoms. The topological polar surface area (TPSA) is 70.2 Å². The second-order valence-electron chi connectivity index (χ2n) is 4.36. The highest BCUT2D eigenvalue weighted by molar-refractivity contribution is 5.94. The number of carbonyl (C=O) groups excluding carboxylic acids is 2. The largest absolute Gasteiger partial charge is 0.326 e. The van der Waals surface area contributed by atoms with Gasteiger partial charge < -0.3 is 16.0 Å². The van der Waals surface area contributed by atoms with E-state index in [4.69, 9.17) is 0 Å². The Morgan fingerprint density at radius 2 is 1.95 bits per heavy atom. The summed E-state index contributed by atoms with van der Waals surface area (Å²) < 4.78 is 0. The van der Waals surface area contributed by atoms with Gasteiger partial charge in [-0.05, 0) is 31.2 Å². The van der Waals surface area contributed by atoms with Gasteiger partial charge in [-0.2, -0.15) is 0 Å². The number of hydrogen-bond donors (Lipinski definition) is 3. The Kier molecular flexibility index (Phi) is 6.02. The van der Waals surface area contributed by atoms with E-state index in [1.54, 1.807) is 6.07 Å². The zero-order valence-corrected chi connectivity index (χ0v) is 11.7. The lowest BCUT2D eigenvalue weighted by Crippen LogP contribution is -2.21. The molecule has 0 aliphatic heterocycles. The van der Waals surface area contributed by atoms with Gasteiger partial charge in [0, 0.05) is 31.3 Å². The minimum Gasteiger partial charge on any atom is -0.326 e. The number of benzene rings is 1. The third-order valence-corrected chi connectivity index (χ3v) is 2.61. The first-order chi connectivity index (χ1) is 9.02. The lowest BCUT2D eigenvalue weighted by Gasteiger charge is -2.11. The Bertz CT molecular complexity index is 458. The van der Waals surface area contributed by atoms with Crippen molar-refractivity contribution in [3.8, 4) is 0 Å². The molecule has 0 saturated heterocycles. The molecule has 0 saturated carbocycles. The predicted molar refractivity (Wildman–Crippen MR) is 77.3 cm³/mol. The van der Waals surface area contributed by atoms with Crippen LogP contribution >= 0.6 is 0 Å². The van der Waals surface area contributed by atoms with Gasteiger partial charge in [0.05, 0.1) is 0 Å². The highest BCUT2D eigenvalue weighted by Crippen LogP contribution is 2.20. The lowest BCUT2D eigenvalue weighted by atomic mass is 10.1. The summed E-state index contributed by atoms with van der Waals surface area (Å²) in [6.07, 6.45) is 0.428. The van der Waals surface area contributed by atoms with Crippen molar-refractivity contribution < 1.29 is 9.59 Å². The van der Waals surface area contributed by atoms with Crippen LogP contribution in [0.15, 0.2) is 18.2 Å². The van der Waals surface area contributed by atoms with E-state index in [0.717, 1.165) is 17.8 Å². The monoisotopic (exact) mass is 263 g/mol. The van der Waals surface area contributed by atoms with Crippen LogP contribution in [0.25, 0.3) is 0 Å². The van der Waals surface area contributed by atoms with E-state index in [1.807, 2.05) is 26.0 Å². The molecule has 0 spiro atoms. The molecule has 1 aromatic rings. The summed E-state index contributed by atoms with van der Waals surface area (Å²) in [6.45, 7) is 6.88.